The number of aryl methyl sites for hydroxylation is 1. The molecular formula is C20H31BrN4O. The second-order valence-corrected chi connectivity index (χ2v) is 8.17. The Bertz CT molecular complexity index is 616. The SMILES string of the molecule is CCNC(=NCc1ccc(Br)cc1C)N1CCC(CN2CCOCC2)C1. The molecule has 26 heavy (non-hydrogen) atoms. The van der Waals surface area contributed by atoms with Crippen molar-refractivity contribution in [1.82, 2.24) is 15.1 Å². The highest BCUT2D eigenvalue weighted by Gasteiger charge is 2.27. The van der Waals surface area contributed by atoms with E-state index in [9.17, 15) is 0 Å². The van der Waals surface area contributed by atoms with Crippen LogP contribution in [-0.4, -0.2) is 68.2 Å². The van der Waals surface area contributed by atoms with Crippen LogP contribution in [-0.2, 0) is 11.3 Å². The number of halogens is 1. The summed E-state index contributed by atoms with van der Waals surface area (Å²) >= 11 is 3.53. The smallest absolute Gasteiger partial charge is 0.194 e. The van der Waals surface area contributed by atoms with E-state index in [1.54, 1.807) is 0 Å². The van der Waals surface area contributed by atoms with E-state index < -0.39 is 0 Å². The van der Waals surface area contributed by atoms with E-state index in [2.05, 4.69) is 63.1 Å². The van der Waals surface area contributed by atoms with Crippen molar-refractivity contribution in [2.75, 3.05) is 52.5 Å². The Kier molecular flexibility index (Phi) is 7.34. The van der Waals surface area contributed by atoms with Gasteiger partial charge in [-0.2, -0.15) is 0 Å². The molecule has 0 bridgehead atoms. The molecule has 5 nitrogen and oxygen atoms in total. The summed E-state index contributed by atoms with van der Waals surface area (Å²) in [6.07, 6.45) is 1.25. The van der Waals surface area contributed by atoms with Crippen molar-refractivity contribution >= 4 is 21.9 Å². The third-order valence-electron chi connectivity index (χ3n) is 5.24. The third-order valence-corrected chi connectivity index (χ3v) is 5.74. The minimum absolute atomic E-state index is 0.728. The molecule has 1 atom stereocenters. The van der Waals surface area contributed by atoms with Crippen molar-refractivity contribution in [1.29, 1.82) is 0 Å². The molecule has 0 saturated carbocycles. The van der Waals surface area contributed by atoms with Gasteiger partial charge in [-0.05, 0) is 49.4 Å². The van der Waals surface area contributed by atoms with Crippen molar-refractivity contribution in [3.05, 3.63) is 33.8 Å². The van der Waals surface area contributed by atoms with E-state index in [1.165, 1.54) is 24.1 Å². The molecule has 6 heteroatoms. The van der Waals surface area contributed by atoms with Crippen molar-refractivity contribution < 1.29 is 4.74 Å². The molecule has 1 aromatic rings. The number of morpholine rings is 1. The summed E-state index contributed by atoms with van der Waals surface area (Å²) in [5.74, 6) is 1.78. The Morgan fingerprint density at radius 2 is 2.12 bits per heavy atom. The highest BCUT2D eigenvalue weighted by molar-refractivity contribution is 9.10. The maximum absolute atomic E-state index is 5.46. The first-order chi connectivity index (χ1) is 12.7. The zero-order valence-electron chi connectivity index (χ0n) is 16.0. The first-order valence-electron chi connectivity index (χ1n) is 9.74. The van der Waals surface area contributed by atoms with Crippen molar-refractivity contribution in [2.24, 2.45) is 10.9 Å². The molecule has 1 N–H and O–H groups in total. The Morgan fingerprint density at radius 3 is 2.85 bits per heavy atom. The molecule has 1 unspecified atom stereocenters. The molecule has 3 rings (SSSR count). The number of guanidine groups is 1. The van der Waals surface area contributed by atoms with Gasteiger partial charge >= 0.3 is 0 Å². The summed E-state index contributed by atoms with van der Waals surface area (Å²) in [4.78, 5) is 9.90. The molecule has 2 aliphatic heterocycles. The van der Waals surface area contributed by atoms with Gasteiger partial charge in [0, 0.05) is 43.7 Å². The predicted molar refractivity (Wildman–Crippen MR) is 111 cm³/mol. The van der Waals surface area contributed by atoms with Gasteiger partial charge in [0.2, 0.25) is 0 Å². The molecule has 0 amide bonds. The lowest BCUT2D eigenvalue weighted by Crippen LogP contribution is -2.42. The van der Waals surface area contributed by atoms with Crippen LogP contribution in [0.15, 0.2) is 27.7 Å². The molecule has 2 aliphatic rings. The fraction of sp³-hybridized carbons (Fsp3) is 0.650. The van der Waals surface area contributed by atoms with Gasteiger partial charge in [0.05, 0.1) is 19.8 Å². The van der Waals surface area contributed by atoms with Crippen LogP contribution in [0.2, 0.25) is 0 Å². The van der Waals surface area contributed by atoms with Crippen LogP contribution in [0.4, 0.5) is 0 Å². The fourth-order valence-corrected chi connectivity index (χ4v) is 4.22. The number of nitrogens with zero attached hydrogens (tertiary/aromatic N) is 3. The van der Waals surface area contributed by atoms with Crippen LogP contribution in [0.1, 0.15) is 24.5 Å². The zero-order chi connectivity index (χ0) is 18.4. The van der Waals surface area contributed by atoms with Crippen molar-refractivity contribution in [2.45, 2.75) is 26.8 Å². The van der Waals surface area contributed by atoms with Gasteiger partial charge in [0.15, 0.2) is 5.96 Å². The molecule has 0 aromatic heterocycles. The standard InChI is InChI=1S/C20H31BrN4O/c1-3-22-20(23-13-18-4-5-19(21)12-16(18)2)25-7-6-17(15-25)14-24-8-10-26-11-9-24/h4-5,12,17H,3,6-11,13-15H2,1-2H3,(H,22,23). The van der Waals surface area contributed by atoms with Gasteiger partial charge < -0.3 is 15.0 Å². The molecule has 0 spiro atoms. The zero-order valence-corrected chi connectivity index (χ0v) is 17.6. The minimum Gasteiger partial charge on any atom is -0.379 e. The molecule has 2 saturated heterocycles. The summed E-state index contributed by atoms with van der Waals surface area (Å²) in [5, 5.41) is 3.48. The van der Waals surface area contributed by atoms with E-state index in [0.29, 0.717) is 0 Å². The lowest BCUT2D eigenvalue weighted by Gasteiger charge is -2.29. The highest BCUT2D eigenvalue weighted by atomic mass is 79.9. The second kappa shape index (κ2) is 9.72. The summed E-state index contributed by atoms with van der Waals surface area (Å²) in [7, 11) is 0. The van der Waals surface area contributed by atoms with Crippen LogP contribution in [0, 0.1) is 12.8 Å². The van der Waals surface area contributed by atoms with Crippen molar-refractivity contribution in [3.63, 3.8) is 0 Å². The summed E-state index contributed by atoms with van der Waals surface area (Å²) in [5.41, 5.74) is 2.57. The van der Waals surface area contributed by atoms with E-state index in [1.807, 2.05) is 0 Å². The van der Waals surface area contributed by atoms with Crippen LogP contribution in [0.5, 0.6) is 0 Å². The normalized spacial score (nSPS) is 22.0. The summed E-state index contributed by atoms with van der Waals surface area (Å²) in [6.45, 7) is 13.2. The van der Waals surface area contributed by atoms with Gasteiger partial charge in [-0.3, -0.25) is 4.90 Å². The van der Waals surface area contributed by atoms with Crippen LogP contribution in [0.3, 0.4) is 0 Å². The van der Waals surface area contributed by atoms with Crippen LogP contribution in [0.25, 0.3) is 0 Å². The number of benzene rings is 1. The molecule has 1 aromatic carbocycles. The molecule has 2 heterocycles. The predicted octanol–water partition coefficient (Wildman–Crippen LogP) is 2.88. The first-order valence-corrected chi connectivity index (χ1v) is 10.5. The largest absolute Gasteiger partial charge is 0.379 e. The maximum Gasteiger partial charge on any atom is 0.194 e. The van der Waals surface area contributed by atoms with E-state index in [0.717, 1.165) is 68.8 Å². The Balaban J connectivity index is 1.58. The monoisotopic (exact) mass is 422 g/mol. The lowest BCUT2D eigenvalue weighted by atomic mass is 10.1. The topological polar surface area (TPSA) is 40.1 Å². The number of ether oxygens (including phenoxy) is 1. The summed E-state index contributed by atoms with van der Waals surface area (Å²) < 4.78 is 6.59. The van der Waals surface area contributed by atoms with Gasteiger partial charge in [-0.1, -0.05) is 22.0 Å². The van der Waals surface area contributed by atoms with Gasteiger partial charge in [-0.25, -0.2) is 4.99 Å². The van der Waals surface area contributed by atoms with Gasteiger partial charge in [-0.15, -0.1) is 0 Å². The molecular weight excluding hydrogens is 392 g/mol. The lowest BCUT2D eigenvalue weighted by molar-refractivity contribution is 0.0315. The van der Waals surface area contributed by atoms with Crippen LogP contribution < -0.4 is 5.32 Å². The number of hydrogen-bond acceptors (Lipinski definition) is 3. The van der Waals surface area contributed by atoms with E-state index >= 15 is 0 Å². The third kappa shape index (κ3) is 5.44. The quantitative estimate of drug-likeness (QED) is 0.584. The Labute approximate surface area is 165 Å². The minimum atomic E-state index is 0.728. The first kappa shape index (κ1) is 19.6. The number of rotatable bonds is 5. The molecule has 2 fully saturated rings. The number of hydrogen-bond donors (Lipinski definition) is 1. The molecule has 144 valence electrons. The van der Waals surface area contributed by atoms with E-state index in [4.69, 9.17) is 9.73 Å². The number of aliphatic imine (C=N–C) groups is 1. The van der Waals surface area contributed by atoms with Gasteiger partial charge in [0.25, 0.3) is 0 Å². The average molecular weight is 423 g/mol. The Hall–Kier alpha value is -1.11. The van der Waals surface area contributed by atoms with E-state index in [-0.39, 0.29) is 0 Å². The summed E-state index contributed by atoms with van der Waals surface area (Å²) in [6, 6.07) is 6.42. The second-order valence-electron chi connectivity index (χ2n) is 7.25. The van der Waals surface area contributed by atoms with Crippen LogP contribution >= 0.6 is 15.9 Å². The number of nitrogens with one attached hydrogen (secondary N) is 1. The average Bonchev–Trinajstić information content (AvgIpc) is 3.09. The Morgan fingerprint density at radius 1 is 1.31 bits per heavy atom. The fourth-order valence-electron chi connectivity index (χ4n) is 3.75. The van der Waals surface area contributed by atoms with Crippen molar-refractivity contribution in [3.8, 4) is 0 Å². The number of likely N-dealkylation sites (tertiary alicyclic amines) is 1. The van der Waals surface area contributed by atoms with Gasteiger partial charge in [0.1, 0.15) is 0 Å². The molecule has 0 aliphatic carbocycles. The maximum atomic E-state index is 5.46. The molecule has 0 radical (unpaired) electrons. The highest BCUT2D eigenvalue weighted by Crippen LogP contribution is 2.20.